The zero-order valence-corrected chi connectivity index (χ0v) is 10.9. The summed E-state index contributed by atoms with van der Waals surface area (Å²) >= 11 is 0. The molecule has 0 amide bonds. The third-order valence-electron chi connectivity index (χ3n) is 4.33. The Bertz CT molecular complexity index is 430. The van der Waals surface area contributed by atoms with Crippen LogP contribution in [0.5, 0.6) is 0 Å². The maximum atomic E-state index is 3.82. The van der Waals surface area contributed by atoms with Crippen molar-refractivity contribution in [1.82, 2.24) is 4.90 Å². The predicted octanol–water partition coefficient (Wildman–Crippen LogP) is 3.93. The van der Waals surface area contributed by atoms with E-state index in [2.05, 4.69) is 47.9 Å². The standard InChI is InChI=1S/C17H21N/c1-2-6-15-11-16-9-10-17(12-15)18(16)13-14-7-4-3-5-8-14/h2-8,16-17H,1,9-13H2. The summed E-state index contributed by atoms with van der Waals surface area (Å²) in [5.41, 5.74) is 3.05. The molecular weight excluding hydrogens is 218 g/mol. The lowest BCUT2D eigenvalue weighted by Crippen LogP contribution is -2.39. The molecule has 1 aromatic rings. The van der Waals surface area contributed by atoms with E-state index < -0.39 is 0 Å². The summed E-state index contributed by atoms with van der Waals surface area (Å²) in [6.45, 7) is 4.94. The molecule has 2 fully saturated rings. The molecular formula is C17H21N. The van der Waals surface area contributed by atoms with Crippen LogP contribution in [0.2, 0.25) is 0 Å². The number of piperidine rings is 1. The molecule has 0 aliphatic carbocycles. The normalized spacial score (nSPS) is 27.2. The van der Waals surface area contributed by atoms with Crippen LogP contribution in [0, 0.1) is 0 Å². The molecule has 1 heteroatoms. The largest absolute Gasteiger partial charge is 0.293 e. The van der Waals surface area contributed by atoms with Gasteiger partial charge in [-0.1, -0.05) is 54.6 Å². The second-order valence-electron chi connectivity index (χ2n) is 5.51. The number of nitrogens with zero attached hydrogens (tertiary/aromatic N) is 1. The fraction of sp³-hybridized carbons (Fsp3) is 0.412. The molecule has 0 aromatic heterocycles. The Morgan fingerprint density at radius 3 is 2.39 bits per heavy atom. The summed E-state index contributed by atoms with van der Waals surface area (Å²) in [6.07, 6.45) is 9.40. The van der Waals surface area contributed by atoms with Crippen LogP contribution in [0.25, 0.3) is 0 Å². The minimum absolute atomic E-state index is 0.759. The lowest BCUT2D eigenvalue weighted by molar-refractivity contribution is 0.157. The summed E-state index contributed by atoms with van der Waals surface area (Å²) in [5, 5.41) is 0. The van der Waals surface area contributed by atoms with E-state index in [0.717, 1.165) is 18.6 Å². The number of fused-ring (bicyclic) bond motifs is 2. The molecule has 1 nitrogen and oxygen atoms in total. The van der Waals surface area contributed by atoms with E-state index in [9.17, 15) is 0 Å². The van der Waals surface area contributed by atoms with E-state index in [-0.39, 0.29) is 0 Å². The van der Waals surface area contributed by atoms with Gasteiger partial charge in [-0.25, -0.2) is 0 Å². The highest BCUT2D eigenvalue weighted by Crippen LogP contribution is 2.39. The zero-order chi connectivity index (χ0) is 12.4. The first-order valence-electron chi connectivity index (χ1n) is 6.97. The van der Waals surface area contributed by atoms with Crippen molar-refractivity contribution in [2.75, 3.05) is 0 Å². The summed E-state index contributed by atoms with van der Waals surface area (Å²) < 4.78 is 0. The molecule has 3 rings (SSSR count). The van der Waals surface area contributed by atoms with Crippen molar-refractivity contribution < 1.29 is 0 Å². The molecule has 2 aliphatic heterocycles. The second-order valence-corrected chi connectivity index (χ2v) is 5.51. The van der Waals surface area contributed by atoms with Gasteiger partial charge in [0.05, 0.1) is 0 Å². The molecule has 2 saturated heterocycles. The quantitative estimate of drug-likeness (QED) is 0.772. The van der Waals surface area contributed by atoms with Crippen LogP contribution in [-0.2, 0) is 6.54 Å². The first kappa shape index (κ1) is 11.7. The number of benzene rings is 1. The van der Waals surface area contributed by atoms with Gasteiger partial charge in [0.25, 0.3) is 0 Å². The highest BCUT2D eigenvalue weighted by atomic mass is 15.2. The first-order valence-corrected chi connectivity index (χ1v) is 6.97. The summed E-state index contributed by atoms with van der Waals surface area (Å²) in [6, 6.07) is 12.4. The first-order chi connectivity index (χ1) is 8.86. The van der Waals surface area contributed by atoms with Crippen LogP contribution >= 0.6 is 0 Å². The Morgan fingerprint density at radius 1 is 1.11 bits per heavy atom. The minimum atomic E-state index is 0.759. The van der Waals surface area contributed by atoms with Crippen molar-refractivity contribution in [3.05, 3.63) is 60.2 Å². The number of rotatable bonds is 3. The fourth-order valence-electron chi connectivity index (χ4n) is 3.50. The minimum Gasteiger partial charge on any atom is -0.293 e. The van der Waals surface area contributed by atoms with Crippen molar-refractivity contribution in [2.45, 2.75) is 44.3 Å². The Balaban J connectivity index is 1.72. The monoisotopic (exact) mass is 239 g/mol. The zero-order valence-electron chi connectivity index (χ0n) is 10.9. The van der Waals surface area contributed by atoms with Gasteiger partial charge in [-0.05, 0) is 31.2 Å². The lowest BCUT2D eigenvalue weighted by atomic mass is 9.95. The molecule has 0 saturated carbocycles. The van der Waals surface area contributed by atoms with Crippen molar-refractivity contribution in [2.24, 2.45) is 0 Å². The lowest BCUT2D eigenvalue weighted by Gasteiger charge is -2.36. The molecule has 2 aliphatic rings. The summed E-state index contributed by atoms with van der Waals surface area (Å²) in [5.74, 6) is 0. The van der Waals surface area contributed by atoms with Gasteiger partial charge in [-0.3, -0.25) is 4.90 Å². The predicted molar refractivity (Wildman–Crippen MR) is 76.3 cm³/mol. The molecule has 94 valence electrons. The molecule has 18 heavy (non-hydrogen) atoms. The smallest absolute Gasteiger partial charge is 0.0239 e. The molecule has 2 heterocycles. The molecule has 0 N–H and O–H groups in total. The van der Waals surface area contributed by atoms with Crippen LogP contribution in [0.3, 0.4) is 0 Å². The van der Waals surface area contributed by atoms with Crippen molar-refractivity contribution in [1.29, 1.82) is 0 Å². The van der Waals surface area contributed by atoms with Crippen molar-refractivity contribution >= 4 is 0 Å². The van der Waals surface area contributed by atoms with E-state index in [1.165, 1.54) is 31.2 Å². The molecule has 2 unspecified atom stereocenters. The van der Waals surface area contributed by atoms with Gasteiger partial charge in [-0.2, -0.15) is 0 Å². The van der Waals surface area contributed by atoms with Gasteiger partial charge in [0.1, 0.15) is 0 Å². The third kappa shape index (κ3) is 2.28. The summed E-state index contributed by atoms with van der Waals surface area (Å²) in [7, 11) is 0. The van der Waals surface area contributed by atoms with Crippen molar-refractivity contribution in [3.63, 3.8) is 0 Å². The number of hydrogen-bond donors (Lipinski definition) is 0. The van der Waals surface area contributed by atoms with Gasteiger partial charge < -0.3 is 0 Å². The van der Waals surface area contributed by atoms with E-state index in [4.69, 9.17) is 0 Å². The van der Waals surface area contributed by atoms with Crippen LogP contribution < -0.4 is 0 Å². The maximum absolute atomic E-state index is 3.82. The Kier molecular flexibility index (Phi) is 3.33. The highest BCUT2D eigenvalue weighted by molar-refractivity contribution is 5.20. The molecule has 2 atom stereocenters. The Hall–Kier alpha value is -1.34. The average molecular weight is 239 g/mol. The Labute approximate surface area is 110 Å². The van der Waals surface area contributed by atoms with Gasteiger partial charge in [0, 0.05) is 18.6 Å². The van der Waals surface area contributed by atoms with Crippen molar-refractivity contribution in [3.8, 4) is 0 Å². The van der Waals surface area contributed by atoms with Crippen LogP contribution in [0.4, 0.5) is 0 Å². The molecule has 1 aromatic carbocycles. The van der Waals surface area contributed by atoms with Gasteiger partial charge in [-0.15, -0.1) is 0 Å². The van der Waals surface area contributed by atoms with Crippen LogP contribution in [0.1, 0.15) is 31.2 Å². The summed E-state index contributed by atoms with van der Waals surface area (Å²) in [4.78, 5) is 2.72. The van der Waals surface area contributed by atoms with Gasteiger partial charge in [0.15, 0.2) is 0 Å². The average Bonchev–Trinajstić information content (AvgIpc) is 2.63. The third-order valence-corrected chi connectivity index (χ3v) is 4.33. The molecule has 0 spiro atoms. The van der Waals surface area contributed by atoms with E-state index in [0.29, 0.717) is 0 Å². The van der Waals surface area contributed by atoms with E-state index in [1.807, 2.05) is 6.08 Å². The second kappa shape index (κ2) is 5.11. The van der Waals surface area contributed by atoms with Crippen LogP contribution in [-0.4, -0.2) is 17.0 Å². The molecule has 2 bridgehead atoms. The highest BCUT2D eigenvalue weighted by Gasteiger charge is 2.37. The maximum Gasteiger partial charge on any atom is 0.0239 e. The van der Waals surface area contributed by atoms with Crippen LogP contribution in [0.15, 0.2) is 54.6 Å². The van der Waals surface area contributed by atoms with E-state index in [1.54, 1.807) is 5.57 Å². The number of hydrogen-bond acceptors (Lipinski definition) is 1. The fourth-order valence-corrected chi connectivity index (χ4v) is 3.50. The number of allylic oxidation sites excluding steroid dienone is 2. The van der Waals surface area contributed by atoms with Gasteiger partial charge in [0.2, 0.25) is 0 Å². The van der Waals surface area contributed by atoms with E-state index >= 15 is 0 Å². The van der Waals surface area contributed by atoms with Gasteiger partial charge >= 0.3 is 0 Å². The SMILES string of the molecule is C=CC=C1CC2CCC(C1)N2Cc1ccccc1. The topological polar surface area (TPSA) is 3.24 Å². The Morgan fingerprint density at radius 2 is 1.78 bits per heavy atom. The molecule has 0 radical (unpaired) electrons.